The SMILES string of the molecule is [2H]C([2H])([2H])c1cnc(-c2ccccc2)cc1C([2H])([2H])[2H]. The highest BCUT2D eigenvalue weighted by Crippen LogP contribution is 2.18. The van der Waals surface area contributed by atoms with E-state index in [0.29, 0.717) is 5.69 Å². The van der Waals surface area contributed by atoms with E-state index in [1.807, 2.05) is 18.2 Å². The van der Waals surface area contributed by atoms with Crippen LogP contribution in [0.2, 0.25) is 0 Å². The highest BCUT2D eigenvalue weighted by Gasteiger charge is 1.99. The number of hydrogen-bond donors (Lipinski definition) is 0. The zero-order valence-electron chi connectivity index (χ0n) is 13.5. The highest BCUT2D eigenvalue weighted by atomic mass is 14.7. The molecular formula is C13H13N. The van der Waals surface area contributed by atoms with E-state index < -0.39 is 13.7 Å². The third-order valence-corrected chi connectivity index (χ3v) is 1.97. The first kappa shape index (κ1) is 4.26. The van der Waals surface area contributed by atoms with Gasteiger partial charge in [0.05, 0.1) is 5.69 Å². The predicted octanol–water partition coefficient (Wildman–Crippen LogP) is 3.37. The van der Waals surface area contributed by atoms with E-state index in [1.54, 1.807) is 12.1 Å². The number of rotatable bonds is 1. The number of aromatic nitrogens is 1. The normalized spacial score (nSPS) is 18.3. The summed E-state index contributed by atoms with van der Waals surface area (Å²) in [6.45, 7) is -4.98. The first-order valence-electron chi connectivity index (χ1n) is 7.26. The molecule has 14 heavy (non-hydrogen) atoms. The molecule has 0 spiro atoms. The summed E-state index contributed by atoms with van der Waals surface area (Å²) < 4.78 is 44.8. The van der Waals surface area contributed by atoms with Crippen LogP contribution < -0.4 is 0 Å². The molecule has 0 atom stereocenters. The molecule has 0 saturated carbocycles. The van der Waals surface area contributed by atoms with Gasteiger partial charge in [0.1, 0.15) is 0 Å². The van der Waals surface area contributed by atoms with E-state index in [0.717, 1.165) is 11.8 Å². The van der Waals surface area contributed by atoms with Crippen molar-refractivity contribution in [1.29, 1.82) is 0 Å². The molecule has 1 heterocycles. The first-order chi connectivity index (χ1) is 9.19. The molecule has 0 aliphatic rings. The average molecular weight is 189 g/mol. The molecule has 0 aliphatic heterocycles. The maximum absolute atomic E-state index is 7.51. The Hall–Kier alpha value is -1.63. The van der Waals surface area contributed by atoms with Gasteiger partial charge in [-0.2, -0.15) is 0 Å². The van der Waals surface area contributed by atoms with Crippen LogP contribution in [0.25, 0.3) is 11.3 Å². The fraction of sp³-hybridized carbons (Fsp3) is 0.154. The van der Waals surface area contributed by atoms with Gasteiger partial charge in [0, 0.05) is 20.0 Å². The minimum absolute atomic E-state index is 0.175. The largest absolute Gasteiger partial charge is 0.256 e. The lowest BCUT2D eigenvalue weighted by atomic mass is 10.1. The van der Waals surface area contributed by atoms with Crippen LogP contribution in [0.15, 0.2) is 42.6 Å². The Balaban J connectivity index is 2.62. The van der Waals surface area contributed by atoms with Gasteiger partial charge in [-0.15, -0.1) is 0 Å². The second-order valence-electron chi connectivity index (χ2n) is 2.98. The van der Waals surface area contributed by atoms with Crippen molar-refractivity contribution in [2.24, 2.45) is 0 Å². The topological polar surface area (TPSA) is 12.9 Å². The molecule has 2 aromatic rings. The lowest BCUT2D eigenvalue weighted by molar-refractivity contribution is 1.22. The van der Waals surface area contributed by atoms with Crippen molar-refractivity contribution in [3.63, 3.8) is 0 Å². The molecule has 2 rings (SSSR count). The van der Waals surface area contributed by atoms with Crippen molar-refractivity contribution < 1.29 is 8.22 Å². The third-order valence-electron chi connectivity index (χ3n) is 1.97. The van der Waals surface area contributed by atoms with E-state index in [1.165, 1.54) is 6.07 Å². The van der Waals surface area contributed by atoms with Crippen LogP contribution >= 0.6 is 0 Å². The van der Waals surface area contributed by atoms with E-state index in [-0.39, 0.29) is 11.1 Å². The summed E-state index contributed by atoms with van der Waals surface area (Å²) in [5.41, 5.74) is 0.795. The smallest absolute Gasteiger partial charge is 0.0704 e. The maximum atomic E-state index is 7.51. The Morgan fingerprint density at radius 2 is 1.86 bits per heavy atom. The predicted molar refractivity (Wildman–Crippen MR) is 59.1 cm³/mol. The summed E-state index contributed by atoms with van der Waals surface area (Å²) >= 11 is 0. The molecule has 0 bridgehead atoms. The van der Waals surface area contributed by atoms with Gasteiger partial charge >= 0.3 is 0 Å². The molecular weight excluding hydrogens is 170 g/mol. The lowest BCUT2D eigenvalue weighted by Gasteiger charge is -2.03. The van der Waals surface area contributed by atoms with E-state index >= 15 is 0 Å². The molecule has 1 aromatic heterocycles. The summed E-state index contributed by atoms with van der Waals surface area (Å²) in [4.78, 5) is 4.08. The van der Waals surface area contributed by atoms with Gasteiger partial charge in [0.15, 0.2) is 0 Å². The van der Waals surface area contributed by atoms with Crippen LogP contribution in [-0.4, -0.2) is 4.98 Å². The molecule has 0 amide bonds. The minimum Gasteiger partial charge on any atom is -0.256 e. The van der Waals surface area contributed by atoms with Crippen LogP contribution in [0.5, 0.6) is 0 Å². The molecule has 1 aromatic carbocycles. The zero-order valence-corrected chi connectivity index (χ0v) is 7.49. The van der Waals surface area contributed by atoms with Crippen LogP contribution in [0, 0.1) is 13.7 Å². The quantitative estimate of drug-likeness (QED) is 0.670. The number of hydrogen-bond acceptors (Lipinski definition) is 1. The summed E-state index contributed by atoms with van der Waals surface area (Å²) in [6, 6.07) is 10.4. The van der Waals surface area contributed by atoms with Crippen LogP contribution in [-0.2, 0) is 0 Å². The summed E-state index contributed by atoms with van der Waals surface area (Å²) in [5.74, 6) is 0. The van der Waals surface area contributed by atoms with Crippen molar-refractivity contribution in [1.82, 2.24) is 4.98 Å². The highest BCUT2D eigenvalue weighted by molar-refractivity contribution is 5.59. The lowest BCUT2D eigenvalue weighted by Crippen LogP contribution is -1.87. The average Bonchev–Trinajstić information content (AvgIpc) is 2.37. The monoisotopic (exact) mass is 189 g/mol. The summed E-state index contributed by atoms with van der Waals surface area (Å²) in [6.07, 6.45) is 1.14. The molecule has 0 fully saturated rings. The molecule has 0 unspecified atom stereocenters. The fourth-order valence-corrected chi connectivity index (χ4v) is 1.22. The number of nitrogens with zero attached hydrogens (tertiary/aromatic N) is 1. The van der Waals surface area contributed by atoms with Gasteiger partial charge in [0.2, 0.25) is 0 Å². The second kappa shape index (κ2) is 3.62. The van der Waals surface area contributed by atoms with Gasteiger partial charge in [-0.1, -0.05) is 30.3 Å². The maximum Gasteiger partial charge on any atom is 0.0704 e. The first-order valence-corrected chi connectivity index (χ1v) is 4.26. The summed E-state index contributed by atoms with van der Waals surface area (Å²) in [5, 5.41) is 0. The van der Waals surface area contributed by atoms with Crippen LogP contribution in [0.3, 0.4) is 0 Å². The van der Waals surface area contributed by atoms with E-state index in [9.17, 15) is 0 Å². The van der Waals surface area contributed by atoms with Crippen molar-refractivity contribution >= 4 is 0 Å². The van der Waals surface area contributed by atoms with E-state index in [4.69, 9.17) is 8.22 Å². The molecule has 0 radical (unpaired) electrons. The van der Waals surface area contributed by atoms with E-state index in [2.05, 4.69) is 4.98 Å². The number of aryl methyl sites for hydroxylation is 2. The van der Waals surface area contributed by atoms with Gasteiger partial charge in [0.25, 0.3) is 0 Å². The van der Waals surface area contributed by atoms with Crippen molar-refractivity contribution in [3.05, 3.63) is 53.7 Å². The van der Waals surface area contributed by atoms with Gasteiger partial charge < -0.3 is 0 Å². The molecule has 70 valence electrons. The standard InChI is InChI=1S/C13H13N/c1-10-8-13(14-9-11(10)2)12-6-4-3-5-7-12/h3-9H,1-2H3/i1D3,2D3. The number of benzene rings is 1. The Morgan fingerprint density at radius 1 is 1.07 bits per heavy atom. The molecule has 1 heteroatoms. The van der Waals surface area contributed by atoms with Gasteiger partial charge in [-0.25, -0.2) is 0 Å². The number of pyridine rings is 1. The summed E-state index contributed by atoms with van der Waals surface area (Å²) in [7, 11) is 0. The minimum atomic E-state index is -2.49. The van der Waals surface area contributed by atoms with Crippen molar-refractivity contribution in [2.45, 2.75) is 13.7 Å². The van der Waals surface area contributed by atoms with Gasteiger partial charge in [-0.3, -0.25) is 4.98 Å². The van der Waals surface area contributed by atoms with Crippen molar-refractivity contribution in [3.8, 4) is 11.3 Å². The second-order valence-corrected chi connectivity index (χ2v) is 2.98. The third kappa shape index (κ3) is 1.67. The molecule has 0 N–H and O–H groups in total. The van der Waals surface area contributed by atoms with Crippen LogP contribution in [0.4, 0.5) is 0 Å². The van der Waals surface area contributed by atoms with Crippen molar-refractivity contribution in [2.75, 3.05) is 0 Å². The Morgan fingerprint density at radius 3 is 2.57 bits per heavy atom. The fourth-order valence-electron chi connectivity index (χ4n) is 1.22. The Bertz CT molecular complexity index is 600. The molecule has 1 nitrogen and oxygen atoms in total. The Kier molecular flexibility index (Phi) is 1.10. The van der Waals surface area contributed by atoms with Crippen LogP contribution in [0.1, 0.15) is 19.4 Å². The zero-order chi connectivity index (χ0) is 15.0. The van der Waals surface area contributed by atoms with Gasteiger partial charge in [-0.05, 0) is 30.9 Å². The Labute approximate surface area is 92.9 Å². The molecule has 0 saturated heterocycles. The molecule has 0 aliphatic carbocycles.